The number of hydrogen-bond donors (Lipinski definition) is 1. The van der Waals surface area contributed by atoms with Gasteiger partial charge in [0.1, 0.15) is 5.70 Å². The number of methoxy groups -OCH3 is 2. The molecule has 0 spiro atoms. The summed E-state index contributed by atoms with van der Waals surface area (Å²) in [6, 6.07) is 7.69. The van der Waals surface area contributed by atoms with Crippen molar-refractivity contribution >= 4 is 17.6 Å². The second-order valence-corrected chi connectivity index (χ2v) is 6.35. The molecule has 1 N–H and O–H groups in total. The van der Waals surface area contributed by atoms with E-state index in [2.05, 4.69) is 33.5 Å². The van der Waals surface area contributed by atoms with Crippen LogP contribution in [-0.4, -0.2) is 56.4 Å². The molecule has 0 amide bonds. The van der Waals surface area contributed by atoms with Crippen LogP contribution < -0.4 is 5.32 Å². The van der Waals surface area contributed by atoms with Crippen molar-refractivity contribution in [2.45, 2.75) is 32.6 Å². The van der Waals surface area contributed by atoms with Crippen molar-refractivity contribution in [3.8, 4) is 0 Å². The lowest BCUT2D eigenvalue weighted by molar-refractivity contribution is -0.138. The molecule has 142 valence electrons. The van der Waals surface area contributed by atoms with E-state index in [-0.39, 0.29) is 17.9 Å². The van der Waals surface area contributed by atoms with Crippen LogP contribution in [0.1, 0.15) is 19.4 Å². The van der Waals surface area contributed by atoms with Crippen molar-refractivity contribution in [2.24, 2.45) is 0 Å². The predicted octanol–water partition coefficient (Wildman–Crippen LogP) is 1.94. The Kier molecular flexibility index (Phi) is 7.17. The molecule has 1 aliphatic heterocycles. The van der Waals surface area contributed by atoms with E-state index in [4.69, 9.17) is 4.74 Å². The van der Waals surface area contributed by atoms with Gasteiger partial charge in [-0.15, -0.1) is 0 Å². The predicted molar refractivity (Wildman–Crippen MR) is 97.5 cm³/mol. The minimum atomic E-state index is -0.643. The number of benzene rings is 1. The zero-order valence-electron chi connectivity index (χ0n) is 15.7. The largest absolute Gasteiger partial charge is 0.466 e. The molecule has 1 fully saturated rings. The lowest BCUT2D eigenvalue weighted by Crippen LogP contribution is -2.44. The highest BCUT2D eigenvalue weighted by Gasteiger charge is 2.22. The topological polar surface area (TPSA) is 77.1 Å². The van der Waals surface area contributed by atoms with Crippen LogP contribution in [0, 0.1) is 0 Å². The van der Waals surface area contributed by atoms with Gasteiger partial charge in [0.2, 0.25) is 0 Å². The molecule has 1 heterocycles. The Balaban J connectivity index is 2.02. The van der Waals surface area contributed by atoms with Gasteiger partial charge in [-0.25, -0.2) is 9.59 Å². The molecule has 1 saturated heterocycles. The Bertz CT molecular complexity index is 646. The first-order valence-electron chi connectivity index (χ1n) is 8.53. The molecule has 0 aliphatic carbocycles. The van der Waals surface area contributed by atoms with E-state index in [0.717, 1.165) is 31.3 Å². The van der Waals surface area contributed by atoms with Gasteiger partial charge in [-0.3, -0.25) is 4.90 Å². The molecule has 0 radical (unpaired) electrons. The van der Waals surface area contributed by atoms with Gasteiger partial charge in [0.15, 0.2) is 0 Å². The van der Waals surface area contributed by atoms with Crippen LogP contribution in [0.2, 0.25) is 0 Å². The normalized spacial score (nSPS) is 21.2. The molecule has 7 nitrogen and oxygen atoms in total. The van der Waals surface area contributed by atoms with E-state index >= 15 is 0 Å². The molecule has 2 unspecified atom stereocenters. The molecule has 26 heavy (non-hydrogen) atoms. The second kappa shape index (κ2) is 9.35. The number of nitrogens with one attached hydrogen (secondary N) is 1. The van der Waals surface area contributed by atoms with Crippen molar-refractivity contribution in [3.63, 3.8) is 0 Å². The molecular weight excluding hydrogens is 336 g/mol. The molecule has 2 atom stereocenters. The number of esters is 2. The summed E-state index contributed by atoms with van der Waals surface area (Å²) in [7, 11) is 2.50. The number of hydrogen-bond acceptors (Lipinski definition) is 7. The van der Waals surface area contributed by atoms with Gasteiger partial charge in [0, 0.05) is 25.3 Å². The molecule has 2 rings (SSSR count). The standard InChI is InChI=1S/C19H26N2O5/c1-13-10-21(11-14(2)26-13)12-15-5-7-16(8-6-15)20-17(19(23)25-4)9-18(22)24-3/h5-9,13-14,20H,10-12H2,1-4H3/b17-9+. The molecule has 0 aromatic heterocycles. The van der Waals surface area contributed by atoms with E-state index in [0.29, 0.717) is 5.69 Å². The first kappa shape index (κ1) is 19.9. The first-order chi connectivity index (χ1) is 12.4. The van der Waals surface area contributed by atoms with Gasteiger partial charge in [-0.1, -0.05) is 12.1 Å². The highest BCUT2D eigenvalue weighted by Crippen LogP contribution is 2.17. The number of carbonyl (C=O) groups is 2. The zero-order chi connectivity index (χ0) is 19.1. The smallest absolute Gasteiger partial charge is 0.354 e. The summed E-state index contributed by atoms with van der Waals surface area (Å²) in [5.74, 6) is -1.28. The first-order valence-corrected chi connectivity index (χ1v) is 8.53. The molecule has 0 saturated carbocycles. The number of carbonyl (C=O) groups excluding carboxylic acids is 2. The summed E-state index contributed by atoms with van der Waals surface area (Å²) in [4.78, 5) is 25.5. The Morgan fingerprint density at radius 2 is 1.77 bits per heavy atom. The van der Waals surface area contributed by atoms with Gasteiger partial charge in [0.25, 0.3) is 0 Å². The Labute approximate surface area is 153 Å². The van der Waals surface area contributed by atoms with E-state index < -0.39 is 11.9 Å². The summed E-state index contributed by atoms with van der Waals surface area (Å²) >= 11 is 0. The van der Waals surface area contributed by atoms with Crippen LogP contribution in [0.15, 0.2) is 36.0 Å². The van der Waals surface area contributed by atoms with Gasteiger partial charge < -0.3 is 19.5 Å². The maximum Gasteiger partial charge on any atom is 0.354 e. The van der Waals surface area contributed by atoms with Gasteiger partial charge in [0.05, 0.1) is 32.5 Å². The molecule has 0 bridgehead atoms. The van der Waals surface area contributed by atoms with Crippen molar-refractivity contribution in [2.75, 3.05) is 32.6 Å². The van der Waals surface area contributed by atoms with E-state index in [9.17, 15) is 9.59 Å². The van der Waals surface area contributed by atoms with Crippen LogP contribution >= 0.6 is 0 Å². The van der Waals surface area contributed by atoms with Crippen LogP contribution in [0.5, 0.6) is 0 Å². The average Bonchev–Trinajstić information content (AvgIpc) is 2.61. The SMILES string of the molecule is COC(=O)/C=C(/Nc1ccc(CN2CC(C)OC(C)C2)cc1)C(=O)OC. The minimum Gasteiger partial charge on any atom is -0.466 e. The quantitative estimate of drug-likeness (QED) is 0.612. The maximum atomic E-state index is 11.8. The fourth-order valence-electron chi connectivity index (χ4n) is 2.95. The number of ether oxygens (including phenoxy) is 3. The number of anilines is 1. The molecule has 1 aromatic carbocycles. The lowest BCUT2D eigenvalue weighted by atomic mass is 10.1. The molecule has 1 aromatic rings. The van der Waals surface area contributed by atoms with Crippen molar-refractivity contribution in [1.82, 2.24) is 4.90 Å². The maximum absolute atomic E-state index is 11.8. The third-order valence-corrected chi connectivity index (χ3v) is 4.00. The number of rotatable bonds is 6. The fourth-order valence-corrected chi connectivity index (χ4v) is 2.95. The number of nitrogens with zero attached hydrogens (tertiary/aromatic N) is 1. The molecule has 7 heteroatoms. The monoisotopic (exact) mass is 362 g/mol. The summed E-state index contributed by atoms with van der Waals surface area (Å²) in [6.45, 7) is 6.80. The molecule has 1 aliphatic rings. The third-order valence-electron chi connectivity index (χ3n) is 4.00. The van der Waals surface area contributed by atoms with Crippen LogP contribution in [0.4, 0.5) is 5.69 Å². The Morgan fingerprint density at radius 1 is 1.15 bits per heavy atom. The molecular formula is C19H26N2O5. The van der Waals surface area contributed by atoms with E-state index in [1.54, 1.807) is 0 Å². The third kappa shape index (κ3) is 5.86. The van der Waals surface area contributed by atoms with Crippen LogP contribution in [-0.2, 0) is 30.3 Å². The highest BCUT2D eigenvalue weighted by molar-refractivity contribution is 5.98. The Hall–Kier alpha value is -2.38. The summed E-state index contributed by atoms with van der Waals surface area (Å²) in [5, 5.41) is 2.89. The summed E-state index contributed by atoms with van der Waals surface area (Å²) in [5.41, 5.74) is 1.86. The zero-order valence-corrected chi connectivity index (χ0v) is 15.7. The van der Waals surface area contributed by atoms with Crippen molar-refractivity contribution < 1.29 is 23.8 Å². The fraction of sp³-hybridized carbons (Fsp3) is 0.474. The lowest BCUT2D eigenvalue weighted by Gasteiger charge is -2.35. The van der Waals surface area contributed by atoms with Gasteiger partial charge in [-0.05, 0) is 31.5 Å². The van der Waals surface area contributed by atoms with Crippen molar-refractivity contribution in [1.29, 1.82) is 0 Å². The van der Waals surface area contributed by atoms with Crippen LogP contribution in [0.25, 0.3) is 0 Å². The highest BCUT2D eigenvalue weighted by atomic mass is 16.5. The van der Waals surface area contributed by atoms with E-state index in [1.165, 1.54) is 14.2 Å². The minimum absolute atomic E-state index is 0.0166. The van der Waals surface area contributed by atoms with Gasteiger partial charge in [-0.2, -0.15) is 0 Å². The summed E-state index contributed by atoms with van der Waals surface area (Å²) in [6.07, 6.45) is 1.52. The van der Waals surface area contributed by atoms with Gasteiger partial charge >= 0.3 is 11.9 Å². The van der Waals surface area contributed by atoms with E-state index in [1.807, 2.05) is 24.3 Å². The van der Waals surface area contributed by atoms with Crippen LogP contribution in [0.3, 0.4) is 0 Å². The average molecular weight is 362 g/mol. The summed E-state index contributed by atoms with van der Waals surface area (Å²) < 4.78 is 15.0. The van der Waals surface area contributed by atoms with Crippen molar-refractivity contribution in [3.05, 3.63) is 41.6 Å². The number of morpholine rings is 1. The Morgan fingerprint density at radius 3 is 2.31 bits per heavy atom. The second-order valence-electron chi connectivity index (χ2n) is 6.35.